The fourth-order valence-electron chi connectivity index (χ4n) is 3.25. The number of ether oxygens (including phenoxy) is 1. The summed E-state index contributed by atoms with van der Waals surface area (Å²) in [6.45, 7) is 1.11. The summed E-state index contributed by atoms with van der Waals surface area (Å²) in [5.41, 5.74) is 0.745. The van der Waals surface area contributed by atoms with E-state index in [1.165, 1.54) is 12.1 Å². The fourth-order valence-corrected chi connectivity index (χ4v) is 3.25. The van der Waals surface area contributed by atoms with Crippen LogP contribution < -0.4 is 20.7 Å². The van der Waals surface area contributed by atoms with Crippen molar-refractivity contribution in [3.8, 4) is 5.75 Å². The SMILES string of the molecule is CN1Cc2cc(F)ccc2OCCNC(=O)NC2=CNC3CCC1=NN23. The molecule has 26 heavy (non-hydrogen) atoms. The topological polar surface area (TPSA) is 81.2 Å². The number of amidine groups is 1. The van der Waals surface area contributed by atoms with E-state index in [9.17, 15) is 9.18 Å². The second-order valence-corrected chi connectivity index (χ2v) is 6.45. The average molecular weight is 360 g/mol. The normalized spacial score (nSPS) is 22.7. The van der Waals surface area contributed by atoms with Gasteiger partial charge in [0.25, 0.3) is 0 Å². The number of carbonyl (C=O) groups is 1. The largest absolute Gasteiger partial charge is 0.491 e. The van der Waals surface area contributed by atoms with Gasteiger partial charge in [0.05, 0.1) is 6.54 Å². The van der Waals surface area contributed by atoms with Crippen LogP contribution in [0.4, 0.5) is 9.18 Å². The number of nitrogens with zero attached hydrogens (tertiary/aromatic N) is 3. The molecule has 1 aromatic rings. The van der Waals surface area contributed by atoms with Crippen molar-refractivity contribution in [1.29, 1.82) is 0 Å². The molecule has 0 fully saturated rings. The molecule has 2 amide bonds. The Morgan fingerprint density at radius 2 is 2.27 bits per heavy atom. The van der Waals surface area contributed by atoms with Crippen molar-refractivity contribution in [2.24, 2.45) is 5.10 Å². The van der Waals surface area contributed by atoms with Crippen LogP contribution in [0.25, 0.3) is 0 Å². The highest BCUT2D eigenvalue weighted by atomic mass is 19.1. The minimum absolute atomic E-state index is 0.0309. The summed E-state index contributed by atoms with van der Waals surface area (Å²) in [5.74, 6) is 1.77. The number of benzene rings is 1. The maximum absolute atomic E-state index is 13.7. The van der Waals surface area contributed by atoms with Gasteiger partial charge in [-0.15, -0.1) is 0 Å². The van der Waals surface area contributed by atoms with E-state index in [0.29, 0.717) is 31.3 Å². The van der Waals surface area contributed by atoms with Gasteiger partial charge in [-0.25, -0.2) is 14.2 Å². The number of halogens is 1. The molecule has 3 N–H and O–H groups in total. The summed E-state index contributed by atoms with van der Waals surface area (Å²) in [6.07, 6.45) is 3.41. The lowest BCUT2D eigenvalue weighted by molar-refractivity contribution is 0.210. The molecular formula is C17H21FN6O2. The predicted molar refractivity (Wildman–Crippen MR) is 93.4 cm³/mol. The van der Waals surface area contributed by atoms with Gasteiger partial charge in [0.1, 0.15) is 36.0 Å². The van der Waals surface area contributed by atoms with Crippen LogP contribution in [0.3, 0.4) is 0 Å². The summed E-state index contributed by atoms with van der Waals surface area (Å²) in [7, 11) is 1.92. The number of nitrogens with one attached hydrogen (secondary N) is 3. The second kappa shape index (κ2) is 6.74. The Morgan fingerprint density at radius 1 is 1.38 bits per heavy atom. The van der Waals surface area contributed by atoms with E-state index in [1.54, 1.807) is 17.3 Å². The predicted octanol–water partition coefficient (Wildman–Crippen LogP) is 1.09. The van der Waals surface area contributed by atoms with Crippen LogP contribution in [-0.4, -0.2) is 48.1 Å². The lowest BCUT2D eigenvalue weighted by Crippen LogP contribution is -2.46. The Kier molecular flexibility index (Phi) is 4.27. The van der Waals surface area contributed by atoms with Crippen molar-refractivity contribution in [3.63, 3.8) is 0 Å². The van der Waals surface area contributed by atoms with Crippen LogP contribution in [-0.2, 0) is 6.54 Å². The lowest BCUT2D eigenvalue weighted by atomic mass is 10.1. The molecule has 0 saturated heterocycles. The summed E-state index contributed by atoms with van der Waals surface area (Å²) in [6, 6.07) is 4.15. The molecule has 2 bridgehead atoms. The number of urea groups is 1. The standard InChI is InChI=1S/C17H21FN6O2/c1-23-10-11-8-12(18)2-3-13(11)26-7-6-19-17(25)21-16-9-20-14-4-5-15(23)22-24(14)16/h2-3,8-9,14,20H,4-7,10H2,1H3,(H2,19,21,25). The van der Waals surface area contributed by atoms with Gasteiger partial charge in [-0.1, -0.05) is 0 Å². The third kappa shape index (κ3) is 3.24. The molecule has 138 valence electrons. The molecule has 9 heteroatoms. The number of rotatable bonds is 0. The fraction of sp³-hybridized carbons (Fsp3) is 0.412. The van der Waals surface area contributed by atoms with Gasteiger partial charge >= 0.3 is 6.03 Å². The second-order valence-electron chi connectivity index (χ2n) is 6.45. The third-order valence-electron chi connectivity index (χ3n) is 4.58. The molecule has 8 nitrogen and oxygen atoms in total. The first kappa shape index (κ1) is 16.5. The van der Waals surface area contributed by atoms with Gasteiger partial charge < -0.3 is 20.3 Å². The molecule has 0 spiro atoms. The molecule has 1 aromatic carbocycles. The van der Waals surface area contributed by atoms with E-state index in [-0.39, 0.29) is 18.0 Å². The van der Waals surface area contributed by atoms with Crippen LogP contribution in [0, 0.1) is 5.82 Å². The Balaban J connectivity index is 1.65. The molecule has 3 aliphatic rings. The van der Waals surface area contributed by atoms with Crippen molar-refractivity contribution < 1.29 is 13.9 Å². The van der Waals surface area contributed by atoms with Crippen LogP contribution in [0.5, 0.6) is 5.75 Å². The molecule has 0 radical (unpaired) electrons. The molecule has 0 aliphatic carbocycles. The molecule has 1 atom stereocenters. The van der Waals surface area contributed by atoms with Gasteiger partial charge in [-0.2, -0.15) is 5.10 Å². The first-order chi connectivity index (χ1) is 12.6. The summed E-state index contributed by atoms with van der Waals surface area (Å²) < 4.78 is 19.5. The van der Waals surface area contributed by atoms with Gasteiger partial charge in [0.15, 0.2) is 0 Å². The highest BCUT2D eigenvalue weighted by Gasteiger charge is 2.32. The zero-order valence-electron chi connectivity index (χ0n) is 14.5. The zero-order valence-corrected chi connectivity index (χ0v) is 14.5. The number of carbonyl (C=O) groups excluding carboxylic acids is 1. The Morgan fingerprint density at radius 3 is 3.15 bits per heavy atom. The van der Waals surface area contributed by atoms with E-state index in [0.717, 1.165) is 24.2 Å². The van der Waals surface area contributed by atoms with Gasteiger partial charge in [0, 0.05) is 31.8 Å². The highest BCUT2D eigenvalue weighted by Crippen LogP contribution is 2.25. The van der Waals surface area contributed by atoms with Crippen LogP contribution in [0.15, 0.2) is 35.3 Å². The third-order valence-corrected chi connectivity index (χ3v) is 4.58. The number of hydrogen-bond acceptors (Lipinski definition) is 6. The number of amides is 2. The minimum Gasteiger partial charge on any atom is -0.491 e. The summed E-state index contributed by atoms with van der Waals surface area (Å²) >= 11 is 0. The smallest absolute Gasteiger partial charge is 0.320 e. The molecule has 0 saturated carbocycles. The van der Waals surface area contributed by atoms with E-state index in [1.807, 2.05) is 11.9 Å². The first-order valence-electron chi connectivity index (χ1n) is 8.60. The van der Waals surface area contributed by atoms with Crippen LogP contribution in [0.1, 0.15) is 18.4 Å². The maximum atomic E-state index is 13.7. The molecule has 4 rings (SSSR count). The van der Waals surface area contributed by atoms with Crippen molar-refractivity contribution in [2.45, 2.75) is 25.6 Å². The minimum atomic E-state index is -0.325. The average Bonchev–Trinajstić information content (AvgIpc) is 3.01. The van der Waals surface area contributed by atoms with Crippen LogP contribution in [0.2, 0.25) is 0 Å². The Hall–Kier alpha value is -2.97. The van der Waals surface area contributed by atoms with Crippen molar-refractivity contribution in [3.05, 3.63) is 41.6 Å². The number of hydrazone groups is 1. The monoisotopic (exact) mass is 360 g/mol. The van der Waals surface area contributed by atoms with Crippen molar-refractivity contribution in [2.75, 3.05) is 20.2 Å². The van der Waals surface area contributed by atoms with E-state index in [2.05, 4.69) is 21.1 Å². The van der Waals surface area contributed by atoms with Gasteiger partial charge in [0.2, 0.25) is 0 Å². The highest BCUT2D eigenvalue weighted by molar-refractivity contribution is 5.83. The van der Waals surface area contributed by atoms with Gasteiger partial charge in [-0.3, -0.25) is 5.32 Å². The first-order valence-corrected chi connectivity index (χ1v) is 8.60. The van der Waals surface area contributed by atoms with Crippen molar-refractivity contribution >= 4 is 11.9 Å². The molecule has 3 heterocycles. The molecular weight excluding hydrogens is 339 g/mol. The van der Waals surface area contributed by atoms with Crippen LogP contribution >= 0.6 is 0 Å². The Labute approximate surface area is 150 Å². The zero-order chi connectivity index (χ0) is 18.1. The van der Waals surface area contributed by atoms with Gasteiger partial charge in [-0.05, 0) is 24.6 Å². The van der Waals surface area contributed by atoms with Crippen molar-refractivity contribution in [1.82, 2.24) is 25.9 Å². The number of fused-ring (bicyclic) bond motifs is 1. The summed E-state index contributed by atoms with van der Waals surface area (Å²) in [5, 5.41) is 15.2. The van der Waals surface area contributed by atoms with E-state index >= 15 is 0 Å². The maximum Gasteiger partial charge on any atom is 0.320 e. The number of hydrogen-bond donors (Lipinski definition) is 3. The molecule has 1 unspecified atom stereocenters. The molecule has 0 aromatic heterocycles. The van der Waals surface area contributed by atoms with E-state index < -0.39 is 0 Å². The quantitative estimate of drug-likeness (QED) is 0.645. The molecule has 3 aliphatic heterocycles. The summed E-state index contributed by atoms with van der Waals surface area (Å²) in [4.78, 5) is 14.1. The lowest BCUT2D eigenvalue weighted by Gasteiger charge is -2.33. The Bertz CT molecular complexity index is 781. The van der Waals surface area contributed by atoms with E-state index in [4.69, 9.17) is 4.74 Å².